The molecule has 0 heterocycles. The molecule has 2 rings (SSSR count). The van der Waals surface area contributed by atoms with Crippen molar-refractivity contribution in [3.63, 3.8) is 0 Å². The predicted octanol–water partition coefficient (Wildman–Crippen LogP) is 3.27. The van der Waals surface area contributed by atoms with Crippen molar-refractivity contribution in [3.05, 3.63) is 65.7 Å². The van der Waals surface area contributed by atoms with E-state index in [1.165, 1.54) is 0 Å². The Bertz CT molecular complexity index is 659. The van der Waals surface area contributed by atoms with Crippen molar-refractivity contribution in [2.75, 3.05) is 18.5 Å². The molecule has 0 aliphatic heterocycles. The zero-order valence-corrected chi connectivity index (χ0v) is 14.8. The van der Waals surface area contributed by atoms with Crippen LogP contribution < -0.4 is 11.1 Å². The number of carbonyl (C=O) groups excluding carboxylic acids is 1. The average Bonchev–Trinajstić information content (AvgIpc) is 2.60. The zero-order valence-electron chi connectivity index (χ0n) is 14.8. The summed E-state index contributed by atoms with van der Waals surface area (Å²) in [6.07, 6.45) is 0.208. The first-order valence-corrected chi connectivity index (χ1v) is 8.45. The molecule has 0 aliphatic carbocycles. The van der Waals surface area contributed by atoms with E-state index in [1.807, 2.05) is 68.4 Å². The molecule has 5 nitrogen and oxygen atoms in total. The molecule has 25 heavy (non-hydrogen) atoms. The number of amides is 1. The number of benzene rings is 2. The molecule has 0 bridgehead atoms. The van der Waals surface area contributed by atoms with Gasteiger partial charge in [0.05, 0.1) is 25.9 Å². The molecule has 134 valence electrons. The van der Waals surface area contributed by atoms with Crippen molar-refractivity contribution >= 4 is 11.6 Å². The summed E-state index contributed by atoms with van der Waals surface area (Å²) in [4.78, 5) is 11.8. The normalized spacial score (nSPS) is 12.1. The third kappa shape index (κ3) is 6.57. The Balaban J connectivity index is 1.94. The number of nitrogens with two attached hydrogens (primary N) is 1. The number of rotatable bonds is 10. The number of carbonyl (C=O) groups is 1. The minimum Gasteiger partial charge on any atom is -0.376 e. The molecule has 0 saturated heterocycles. The van der Waals surface area contributed by atoms with Crippen LogP contribution in [-0.2, 0) is 20.9 Å². The summed E-state index contributed by atoms with van der Waals surface area (Å²) in [6.45, 7) is 5.61. The van der Waals surface area contributed by atoms with Gasteiger partial charge in [-0.15, -0.1) is 0 Å². The maximum atomic E-state index is 11.8. The lowest BCUT2D eigenvalue weighted by Crippen LogP contribution is -2.27. The zero-order chi connectivity index (χ0) is 18.1. The number of hydrogen-bond acceptors (Lipinski definition) is 4. The van der Waals surface area contributed by atoms with E-state index in [-0.39, 0.29) is 6.10 Å². The molecule has 0 aromatic heterocycles. The minimum absolute atomic E-state index is 0.208. The van der Waals surface area contributed by atoms with Crippen molar-refractivity contribution in [2.45, 2.75) is 32.6 Å². The van der Waals surface area contributed by atoms with Gasteiger partial charge in [-0.25, -0.2) is 0 Å². The fraction of sp³-hybridized carbons (Fsp3) is 0.350. The van der Waals surface area contributed by atoms with Crippen molar-refractivity contribution in [1.82, 2.24) is 0 Å². The SMILES string of the molecule is CC(C)OCCOCc1cccc(NC(C(N)=O)c2ccccc2)c1. The van der Waals surface area contributed by atoms with Gasteiger partial charge in [0.25, 0.3) is 0 Å². The second-order valence-corrected chi connectivity index (χ2v) is 6.06. The second kappa shape index (κ2) is 9.81. The van der Waals surface area contributed by atoms with Gasteiger partial charge in [0.1, 0.15) is 6.04 Å². The Kier molecular flexibility index (Phi) is 7.44. The summed E-state index contributed by atoms with van der Waals surface area (Å²) in [7, 11) is 0. The first-order valence-electron chi connectivity index (χ1n) is 8.45. The van der Waals surface area contributed by atoms with Crippen LogP contribution in [0.4, 0.5) is 5.69 Å². The monoisotopic (exact) mass is 342 g/mol. The van der Waals surface area contributed by atoms with E-state index in [0.717, 1.165) is 16.8 Å². The highest BCUT2D eigenvalue weighted by Crippen LogP contribution is 2.20. The maximum Gasteiger partial charge on any atom is 0.244 e. The van der Waals surface area contributed by atoms with Crippen molar-refractivity contribution in [3.8, 4) is 0 Å². The topological polar surface area (TPSA) is 73.6 Å². The largest absolute Gasteiger partial charge is 0.376 e. The van der Waals surface area contributed by atoms with Gasteiger partial charge >= 0.3 is 0 Å². The van der Waals surface area contributed by atoms with Gasteiger partial charge in [-0.3, -0.25) is 4.79 Å². The summed E-state index contributed by atoms with van der Waals surface area (Å²) < 4.78 is 11.1. The van der Waals surface area contributed by atoms with Crippen molar-refractivity contribution in [2.24, 2.45) is 5.73 Å². The molecule has 1 amide bonds. The molecular weight excluding hydrogens is 316 g/mol. The van der Waals surface area contributed by atoms with Crippen LogP contribution in [0.1, 0.15) is 31.0 Å². The van der Waals surface area contributed by atoms with E-state index in [2.05, 4.69) is 5.32 Å². The van der Waals surface area contributed by atoms with Crippen LogP contribution in [0.3, 0.4) is 0 Å². The van der Waals surface area contributed by atoms with Crippen LogP contribution >= 0.6 is 0 Å². The fourth-order valence-corrected chi connectivity index (χ4v) is 2.41. The second-order valence-electron chi connectivity index (χ2n) is 6.06. The Hall–Kier alpha value is -2.37. The summed E-state index contributed by atoms with van der Waals surface area (Å²) >= 11 is 0. The summed E-state index contributed by atoms with van der Waals surface area (Å²) in [6, 6.07) is 16.6. The molecule has 0 aliphatic rings. The molecule has 1 unspecified atom stereocenters. The van der Waals surface area contributed by atoms with E-state index in [0.29, 0.717) is 19.8 Å². The van der Waals surface area contributed by atoms with E-state index in [9.17, 15) is 4.79 Å². The van der Waals surface area contributed by atoms with E-state index < -0.39 is 11.9 Å². The smallest absolute Gasteiger partial charge is 0.244 e. The maximum absolute atomic E-state index is 11.8. The molecule has 0 fully saturated rings. The minimum atomic E-state index is -0.572. The highest BCUT2D eigenvalue weighted by molar-refractivity contribution is 5.84. The molecule has 3 N–H and O–H groups in total. The Morgan fingerprint density at radius 3 is 2.52 bits per heavy atom. The van der Waals surface area contributed by atoms with Gasteiger partial charge in [-0.2, -0.15) is 0 Å². The molecule has 5 heteroatoms. The lowest BCUT2D eigenvalue weighted by atomic mass is 10.1. The van der Waals surface area contributed by atoms with Crippen LogP contribution in [0.2, 0.25) is 0 Å². The third-order valence-electron chi connectivity index (χ3n) is 3.60. The van der Waals surface area contributed by atoms with Gasteiger partial charge in [-0.05, 0) is 37.1 Å². The van der Waals surface area contributed by atoms with E-state index >= 15 is 0 Å². The quantitative estimate of drug-likeness (QED) is 0.650. The summed E-state index contributed by atoms with van der Waals surface area (Å²) in [5, 5.41) is 3.20. The van der Waals surface area contributed by atoms with E-state index in [4.69, 9.17) is 15.2 Å². The molecule has 1 atom stereocenters. The number of primary amides is 1. The predicted molar refractivity (Wildman–Crippen MR) is 99.2 cm³/mol. The van der Waals surface area contributed by atoms with Crippen LogP contribution in [0.5, 0.6) is 0 Å². The van der Waals surface area contributed by atoms with Gasteiger partial charge in [0, 0.05) is 5.69 Å². The summed E-state index contributed by atoms with van der Waals surface area (Å²) in [5.41, 5.74) is 8.23. The van der Waals surface area contributed by atoms with Gasteiger partial charge < -0.3 is 20.5 Å². The molecule has 0 spiro atoms. The molecule has 2 aromatic carbocycles. The van der Waals surface area contributed by atoms with E-state index in [1.54, 1.807) is 0 Å². The van der Waals surface area contributed by atoms with Crippen LogP contribution in [-0.4, -0.2) is 25.2 Å². The fourth-order valence-electron chi connectivity index (χ4n) is 2.41. The lowest BCUT2D eigenvalue weighted by molar-refractivity contribution is -0.118. The first-order chi connectivity index (χ1) is 12.1. The Morgan fingerprint density at radius 1 is 1.08 bits per heavy atom. The average molecular weight is 342 g/mol. The van der Waals surface area contributed by atoms with Gasteiger partial charge in [0.15, 0.2) is 0 Å². The first kappa shape index (κ1) is 19.0. The number of anilines is 1. The van der Waals surface area contributed by atoms with Gasteiger partial charge in [0.2, 0.25) is 5.91 Å². The van der Waals surface area contributed by atoms with Crippen LogP contribution in [0.25, 0.3) is 0 Å². The highest BCUT2D eigenvalue weighted by Gasteiger charge is 2.17. The number of ether oxygens (including phenoxy) is 2. The molecule has 0 radical (unpaired) electrons. The summed E-state index contributed by atoms with van der Waals surface area (Å²) in [5.74, 6) is -0.418. The van der Waals surface area contributed by atoms with Crippen LogP contribution in [0.15, 0.2) is 54.6 Å². The molecule has 2 aromatic rings. The standard InChI is InChI=1S/C20H26N2O3/c1-15(2)25-12-11-24-14-16-7-6-10-18(13-16)22-19(20(21)23)17-8-4-3-5-9-17/h3-10,13,15,19,22H,11-12,14H2,1-2H3,(H2,21,23). The lowest BCUT2D eigenvalue weighted by Gasteiger charge is -2.18. The highest BCUT2D eigenvalue weighted by atomic mass is 16.5. The number of nitrogens with one attached hydrogen (secondary N) is 1. The van der Waals surface area contributed by atoms with Gasteiger partial charge in [-0.1, -0.05) is 42.5 Å². The van der Waals surface area contributed by atoms with Crippen LogP contribution in [0, 0.1) is 0 Å². The Morgan fingerprint density at radius 2 is 1.84 bits per heavy atom. The van der Waals surface area contributed by atoms with Crippen molar-refractivity contribution in [1.29, 1.82) is 0 Å². The Labute approximate surface area is 149 Å². The number of hydrogen-bond donors (Lipinski definition) is 2. The molecular formula is C20H26N2O3. The molecule has 0 saturated carbocycles. The third-order valence-corrected chi connectivity index (χ3v) is 3.60. The van der Waals surface area contributed by atoms with Crippen molar-refractivity contribution < 1.29 is 14.3 Å².